The van der Waals surface area contributed by atoms with Gasteiger partial charge in [0.2, 0.25) is 0 Å². The number of thiocarbonyl (C=S) groups is 1. The summed E-state index contributed by atoms with van der Waals surface area (Å²) in [5, 5.41) is 7.20. The maximum atomic E-state index is 5.58. The predicted molar refractivity (Wildman–Crippen MR) is 118 cm³/mol. The van der Waals surface area contributed by atoms with Gasteiger partial charge in [0.05, 0.1) is 20.3 Å². The third-order valence-corrected chi connectivity index (χ3v) is 4.68. The molecule has 3 aromatic rings. The van der Waals surface area contributed by atoms with E-state index in [4.69, 9.17) is 21.7 Å². The topological polar surface area (TPSA) is 42.5 Å². The molecule has 1 unspecified atom stereocenters. The SMILES string of the molecule is COc1ccc(NC(=S)NC(c2ccccc2)c2ccc(C)cc2)cc1OC. The van der Waals surface area contributed by atoms with Gasteiger partial charge in [0.15, 0.2) is 16.6 Å². The molecule has 0 fully saturated rings. The summed E-state index contributed by atoms with van der Waals surface area (Å²) in [5.74, 6) is 1.32. The van der Waals surface area contributed by atoms with Crippen molar-refractivity contribution in [3.05, 3.63) is 89.5 Å². The Balaban J connectivity index is 1.81. The molecule has 0 heterocycles. The summed E-state index contributed by atoms with van der Waals surface area (Å²) in [6.45, 7) is 2.08. The smallest absolute Gasteiger partial charge is 0.171 e. The van der Waals surface area contributed by atoms with E-state index >= 15 is 0 Å². The molecule has 0 bridgehead atoms. The molecule has 28 heavy (non-hydrogen) atoms. The molecule has 0 saturated heterocycles. The summed E-state index contributed by atoms with van der Waals surface area (Å²) in [5.41, 5.74) is 4.34. The van der Waals surface area contributed by atoms with Gasteiger partial charge < -0.3 is 20.1 Å². The number of methoxy groups -OCH3 is 2. The lowest BCUT2D eigenvalue weighted by Crippen LogP contribution is -2.33. The first-order valence-corrected chi connectivity index (χ1v) is 9.42. The van der Waals surface area contributed by atoms with Gasteiger partial charge in [-0.2, -0.15) is 0 Å². The lowest BCUT2D eigenvalue weighted by molar-refractivity contribution is 0.355. The first-order chi connectivity index (χ1) is 13.6. The number of hydrogen-bond acceptors (Lipinski definition) is 3. The predicted octanol–water partition coefficient (Wildman–Crippen LogP) is 5.09. The standard InChI is InChI=1S/C23H24N2O2S/c1-16-9-11-18(12-10-16)22(17-7-5-4-6-8-17)25-23(28)24-19-13-14-20(26-2)21(15-19)27-3/h4-15,22H,1-3H3,(H2,24,25,28). The normalized spacial score (nSPS) is 11.4. The lowest BCUT2D eigenvalue weighted by atomic mass is 9.98. The van der Waals surface area contributed by atoms with E-state index in [0.29, 0.717) is 16.6 Å². The third-order valence-electron chi connectivity index (χ3n) is 4.46. The van der Waals surface area contributed by atoms with Crippen molar-refractivity contribution < 1.29 is 9.47 Å². The Bertz CT molecular complexity index is 927. The average molecular weight is 393 g/mol. The molecule has 0 amide bonds. The van der Waals surface area contributed by atoms with Crippen molar-refractivity contribution >= 4 is 23.0 Å². The molecule has 0 aliphatic heterocycles. The number of aryl methyl sites for hydroxylation is 1. The van der Waals surface area contributed by atoms with E-state index in [9.17, 15) is 0 Å². The Morgan fingerprint density at radius 2 is 1.46 bits per heavy atom. The molecule has 3 rings (SSSR count). The summed E-state index contributed by atoms with van der Waals surface area (Å²) in [7, 11) is 3.23. The van der Waals surface area contributed by atoms with Crippen LogP contribution in [0.2, 0.25) is 0 Å². The Morgan fingerprint density at radius 1 is 0.821 bits per heavy atom. The van der Waals surface area contributed by atoms with Crippen molar-refractivity contribution in [2.45, 2.75) is 13.0 Å². The summed E-state index contributed by atoms with van der Waals surface area (Å²) < 4.78 is 10.6. The number of rotatable bonds is 6. The highest BCUT2D eigenvalue weighted by Crippen LogP contribution is 2.30. The van der Waals surface area contributed by atoms with Gasteiger partial charge in [-0.25, -0.2) is 0 Å². The molecule has 2 N–H and O–H groups in total. The lowest BCUT2D eigenvalue weighted by Gasteiger charge is -2.22. The van der Waals surface area contributed by atoms with Crippen LogP contribution >= 0.6 is 12.2 Å². The Morgan fingerprint density at radius 3 is 2.11 bits per heavy atom. The van der Waals surface area contributed by atoms with Crippen LogP contribution in [-0.2, 0) is 0 Å². The van der Waals surface area contributed by atoms with E-state index in [1.165, 1.54) is 5.56 Å². The number of nitrogens with one attached hydrogen (secondary N) is 2. The van der Waals surface area contributed by atoms with Crippen molar-refractivity contribution in [1.82, 2.24) is 5.32 Å². The minimum Gasteiger partial charge on any atom is -0.493 e. The fraction of sp³-hybridized carbons (Fsp3) is 0.174. The Labute approximate surface area is 171 Å². The highest BCUT2D eigenvalue weighted by atomic mass is 32.1. The molecule has 0 radical (unpaired) electrons. The van der Waals surface area contributed by atoms with Crippen LogP contribution in [0, 0.1) is 6.92 Å². The highest BCUT2D eigenvalue weighted by Gasteiger charge is 2.15. The zero-order chi connectivity index (χ0) is 19.9. The van der Waals surface area contributed by atoms with E-state index in [-0.39, 0.29) is 6.04 Å². The van der Waals surface area contributed by atoms with Gasteiger partial charge in [0, 0.05) is 11.8 Å². The van der Waals surface area contributed by atoms with Gasteiger partial charge in [-0.1, -0.05) is 60.2 Å². The molecule has 4 nitrogen and oxygen atoms in total. The van der Waals surface area contributed by atoms with E-state index < -0.39 is 0 Å². The largest absolute Gasteiger partial charge is 0.493 e. The summed E-state index contributed by atoms with van der Waals surface area (Å²) in [4.78, 5) is 0. The van der Waals surface area contributed by atoms with Crippen molar-refractivity contribution in [3.8, 4) is 11.5 Å². The second kappa shape index (κ2) is 9.24. The fourth-order valence-electron chi connectivity index (χ4n) is 2.98. The van der Waals surface area contributed by atoms with Crippen molar-refractivity contribution in [3.63, 3.8) is 0 Å². The molecule has 5 heteroatoms. The van der Waals surface area contributed by atoms with Crippen LogP contribution in [0.4, 0.5) is 5.69 Å². The van der Waals surface area contributed by atoms with Crippen LogP contribution in [0.1, 0.15) is 22.7 Å². The summed E-state index contributed by atoms with van der Waals surface area (Å²) >= 11 is 5.58. The summed E-state index contributed by atoms with van der Waals surface area (Å²) in [6.07, 6.45) is 0. The number of hydrogen-bond donors (Lipinski definition) is 2. The van der Waals surface area contributed by atoms with Crippen LogP contribution in [0.15, 0.2) is 72.8 Å². The number of anilines is 1. The average Bonchev–Trinajstić information content (AvgIpc) is 2.73. The quantitative estimate of drug-likeness (QED) is 0.572. The van der Waals surface area contributed by atoms with Gasteiger partial charge >= 0.3 is 0 Å². The maximum Gasteiger partial charge on any atom is 0.171 e. The minimum absolute atomic E-state index is 0.0538. The van der Waals surface area contributed by atoms with Crippen LogP contribution in [0.3, 0.4) is 0 Å². The van der Waals surface area contributed by atoms with Crippen LogP contribution in [0.25, 0.3) is 0 Å². The molecule has 0 saturated carbocycles. The van der Waals surface area contributed by atoms with Gasteiger partial charge in [-0.05, 0) is 42.4 Å². The minimum atomic E-state index is -0.0538. The van der Waals surface area contributed by atoms with Crippen molar-refractivity contribution in [2.24, 2.45) is 0 Å². The summed E-state index contributed by atoms with van der Waals surface area (Å²) in [6, 6.07) is 24.3. The molecule has 0 spiro atoms. The number of ether oxygens (including phenoxy) is 2. The molecule has 1 atom stereocenters. The zero-order valence-electron chi connectivity index (χ0n) is 16.2. The zero-order valence-corrected chi connectivity index (χ0v) is 17.0. The first-order valence-electron chi connectivity index (χ1n) is 9.01. The van der Waals surface area contributed by atoms with E-state index in [2.05, 4.69) is 54.0 Å². The Kier molecular flexibility index (Phi) is 6.50. The van der Waals surface area contributed by atoms with Crippen molar-refractivity contribution in [2.75, 3.05) is 19.5 Å². The van der Waals surface area contributed by atoms with Crippen molar-refractivity contribution in [1.29, 1.82) is 0 Å². The third kappa shape index (κ3) is 4.81. The van der Waals surface area contributed by atoms with E-state index in [0.717, 1.165) is 16.8 Å². The molecule has 0 aliphatic rings. The van der Waals surface area contributed by atoms with Gasteiger partial charge in [-0.15, -0.1) is 0 Å². The monoisotopic (exact) mass is 392 g/mol. The molecular formula is C23H24N2O2S. The molecule has 3 aromatic carbocycles. The van der Waals surface area contributed by atoms with Crippen LogP contribution < -0.4 is 20.1 Å². The van der Waals surface area contributed by atoms with Crippen LogP contribution in [0.5, 0.6) is 11.5 Å². The van der Waals surface area contributed by atoms with Gasteiger partial charge in [-0.3, -0.25) is 0 Å². The Hall–Kier alpha value is -3.05. The molecule has 144 valence electrons. The van der Waals surface area contributed by atoms with Crippen LogP contribution in [-0.4, -0.2) is 19.3 Å². The van der Waals surface area contributed by atoms with Gasteiger partial charge in [0.25, 0.3) is 0 Å². The highest BCUT2D eigenvalue weighted by molar-refractivity contribution is 7.80. The maximum absolute atomic E-state index is 5.58. The first kappa shape index (κ1) is 19.7. The second-order valence-electron chi connectivity index (χ2n) is 6.42. The second-order valence-corrected chi connectivity index (χ2v) is 6.83. The molecule has 0 aromatic heterocycles. The van der Waals surface area contributed by atoms with Gasteiger partial charge in [0.1, 0.15) is 0 Å². The number of benzene rings is 3. The van der Waals surface area contributed by atoms with E-state index in [1.54, 1.807) is 14.2 Å². The fourth-order valence-corrected chi connectivity index (χ4v) is 3.21. The molecule has 0 aliphatic carbocycles. The molecular weight excluding hydrogens is 368 g/mol. The van der Waals surface area contributed by atoms with E-state index in [1.807, 2.05) is 36.4 Å².